The Labute approximate surface area is 128 Å². The molecule has 3 N–H and O–H groups in total. The number of aromatic nitrogens is 1. The number of benzene rings is 1. The number of nitrogens with zero attached hydrogens (tertiary/aromatic N) is 1. The third-order valence-electron chi connectivity index (χ3n) is 2.73. The van der Waals surface area contributed by atoms with Crippen molar-refractivity contribution in [3.63, 3.8) is 0 Å². The Balaban J connectivity index is 2.18. The summed E-state index contributed by atoms with van der Waals surface area (Å²) in [6.07, 6.45) is 1.64. The van der Waals surface area contributed by atoms with Gasteiger partial charge in [-0.05, 0) is 30.7 Å². The monoisotopic (exact) mass is 321 g/mol. The zero-order valence-electron chi connectivity index (χ0n) is 11.5. The maximum Gasteiger partial charge on any atom is 0.240 e. The number of thiazole rings is 1. The van der Waals surface area contributed by atoms with Crippen molar-refractivity contribution in [1.82, 2.24) is 9.71 Å². The second-order valence-electron chi connectivity index (χ2n) is 4.23. The first kappa shape index (κ1) is 15.7. The first-order chi connectivity index (χ1) is 10.0. The van der Waals surface area contributed by atoms with Crippen LogP contribution in [0.5, 0.6) is 0 Å². The maximum absolute atomic E-state index is 12.2. The molecule has 110 valence electrons. The third kappa shape index (κ3) is 4.12. The second-order valence-corrected chi connectivity index (χ2v) is 6.98. The predicted molar refractivity (Wildman–Crippen MR) is 83.3 cm³/mol. The maximum atomic E-state index is 12.2. The van der Waals surface area contributed by atoms with E-state index in [-0.39, 0.29) is 18.0 Å². The van der Waals surface area contributed by atoms with Crippen LogP contribution >= 0.6 is 11.3 Å². The summed E-state index contributed by atoms with van der Waals surface area (Å²) in [5, 5.41) is 2.53. The second kappa shape index (κ2) is 6.83. The Morgan fingerprint density at radius 3 is 2.86 bits per heavy atom. The van der Waals surface area contributed by atoms with E-state index in [9.17, 15) is 8.42 Å². The zero-order valence-corrected chi connectivity index (χ0v) is 13.1. The van der Waals surface area contributed by atoms with Gasteiger partial charge in [0.15, 0.2) is 0 Å². The molecule has 7 heteroatoms. The number of hydrogen-bond donors (Lipinski definition) is 2. The Bertz CT molecular complexity index is 772. The van der Waals surface area contributed by atoms with Gasteiger partial charge in [0, 0.05) is 17.1 Å². The highest BCUT2D eigenvalue weighted by atomic mass is 32.2. The van der Waals surface area contributed by atoms with Gasteiger partial charge in [-0.3, -0.25) is 0 Å². The van der Waals surface area contributed by atoms with Crippen molar-refractivity contribution in [2.45, 2.75) is 18.4 Å². The van der Waals surface area contributed by atoms with Crippen LogP contribution in [-0.4, -0.2) is 19.9 Å². The molecule has 21 heavy (non-hydrogen) atoms. The molecule has 0 fully saturated rings. The van der Waals surface area contributed by atoms with Crippen molar-refractivity contribution in [3.8, 4) is 11.8 Å². The first-order valence-corrected chi connectivity index (χ1v) is 8.57. The molecule has 0 bridgehead atoms. The highest BCUT2D eigenvalue weighted by Crippen LogP contribution is 2.15. The van der Waals surface area contributed by atoms with Crippen molar-refractivity contribution < 1.29 is 8.42 Å². The van der Waals surface area contributed by atoms with Crippen LogP contribution in [0.1, 0.15) is 16.1 Å². The van der Waals surface area contributed by atoms with Crippen LogP contribution in [0.25, 0.3) is 0 Å². The minimum atomic E-state index is -3.55. The summed E-state index contributed by atoms with van der Waals surface area (Å²) < 4.78 is 27.0. The van der Waals surface area contributed by atoms with E-state index < -0.39 is 10.0 Å². The van der Waals surface area contributed by atoms with Gasteiger partial charge in [0.05, 0.1) is 18.0 Å². The fourth-order valence-corrected chi connectivity index (χ4v) is 3.39. The minimum absolute atomic E-state index is 0.188. The summed E-state index contributed by atoms with van der Waals surface area (Å²) >= 11 is 1.41. The first-order valence-electron chi connectivity index (χ1n) is 6.20. The number of sulfonamides is 1. The molecule has 0 aliphatic rings. The molecule has 0 spiro atoms. The SMILES string of the molecule is Cc1cc(S(=O)(=O)NCc2nccs2)ccc1C#CCN. The molecule has 1 heterocycles. The number of nitrogens with one attached hydrogen (secondary N) is 1. The molecule has 0 aliphatic carbocycles. The summed E-state index contributed by atoms with van der Waals surface area (Å²) in [5.41, 5.74) is 6.90. The quantitative estimate of drug-likeness (QED) is 0.830. The molecule has 0 radical (unpaired) electrons. The average Bonchev–Trinajstić information content (AvgIpc) is 2.97. The van der Waals surface area contributed by atoms with Crippen LogP contribution in [0.3, 0.4) is 0 Å². The normalized spacial score (nSPS) is 11.0. The Morgan fingerprint density at radius 2 is 2.24 bits per heavy atom. The number of hydrogen-bond acceptors (Lipinski definition) is 5. The van der Waals surface area contributed by atoms with Crippen molar-refractivity contribution >= 4 is 21.4 Å². The summed E-state index contributed by atoms with van der Waals surface area (Å²) in [5.74, 6) is 5.66. The largest absolute Gasteiger partial charge is 0.320 e. The molecule has 0 saturated carbocycles. The molecule has 0 amide bonds. The van der Waals surface area contributed by atoms with E-state index in [1.807, 2.05) is 6.92 Å². The molecule has 5 nitrogen and oxygen atoms in total. The molecule has 0 aliphatic heterocycles. The topological polar surface area (TPSA) is 85.1 Å². The standard InChI is InChI=1S/C14H15N3O2S2/c1-11-9-13(5-4-12(11)3-2-6-15)21(18,19)17-10-14-16-7-8-20-14/h4-5,7-9,17H,6,10,15H2,1H3. The van der Waals surface area contributed by atoms with E-state index in [2.05, 4.69) is 21.5 Å². The number of aryl methyl sites for hydroxylation is 1. The lowest BCUT2D eigenvalue weighted by atomic mass is 10.1. The van der Waals surface area contributed by atoms with Gasteiger partial charge >= 0.3 is 0 Å². The van der Waals surface area contributed by atoms with E-state index in [1.54, 1.807) is 23.7 Å². The van der Waals surface area contributed by atoms with Gasteiger partial charge in [0.1, 0.15) is 5.01 Å². The lowest BCUT2D eigenvalue weighted by molar-refractivity contribution is 0.581. The average molecular weight is 321 g/mol. The van der Waals surface area contributed by atoms with Crippen LogP contribution in [0.2, 0.25) is 0 Å². The van der Waals surface area contributed by atoms with Gasteiger partial charge in [-0.2, -0.15) is 0 Å². The lowest BCUT2D eigenvalue weighted by Gasteiger charge is -2.07. The molecule has 0 atom stereocenters. The summed E-state index contributed by atoms with van der Waals surface area (Å²) in [4.78, 5) is 4.26. The Hall–Kier alpha value is -1.72. The number of rotatable bonds is 4. The zero-order chi connectivity index (χ0) is 15.3. The van der Waals surface area contributed by atoms with Gasteiger partial charge in [-0.25, -0.2) is 18.1 Å². The molecule has 1 aromatic heterocycles. The number of nitrogens with two attached hydrogens (primary N) is 1. The summed E-state index contributed by atoms with van der Waals surface area (Å²) in [6.45, 7) is 2.28. The molecular weight excluding hydrogens is 306 g/mol. The predicted octanol–water partition coefficient (Wildman–Crippen LogP) is 1.24. The third-order valence-corrected chi connectivity index (χ3v) is 4.91. The van der Waals surface area contributed by atoms with Crippen LogP contribution in [-0.2, 0) is 16.6 Å². The van der Waals surface area contributed by atoms with Gasteiger partial charge in [0.2, 0.25) is 10.0 Å². The van der Waals surface area contributed by atoms with E-state index >= 15 is 0 Å². The lowest BCUT2D eigenvalue weighted by Crippen LogP contribution is -2.23. The van der Waals surface area contributed by atoms with Crippen molar-refractivity contribution in [2.75, 3.05) is 6.54 Å². The van der Waals surface area contributed by atoms with Gasteiger partial charge in [0.25, 0.3) is 0 Å². The highest BCUT2D eigenvalue weighted by Gasteiger charge is 2.15. The van der Waals surface area contributed by atoms with Crippen molar-refractivity contribution in [1.29, 1.82) is 0 Å². The molecule has 2 rings (SSSR count). The van der Waals surface area contributed by atoms with Crippen LogP contribution < -0.4 is 10.5 Å². The van der Waals surface area contributed by atoms with Gasteiger partial charge in [-0.1, -0.05) is 11.8 Å². The van der Waals surface area contributed by atoms with E-state index in [0.29, 0.717) is 0 Å². The van der Waals surface area contributed by atoms with Crippen molar-refractivity contribution in [2.24, 2.45) is 5.73 Å². The molecule has 0 saturated heterocycles. The summed E-state index contributed by atoms with van der Waals surface area (Å²) in [6, 6.07) is 4.83. The Morgan fingerprint density at radius 1 is 1.43 bits per heavy atom. The molecular formula is C14H15N3O2S2. The minimum Gasteiger partial charge on any atom is -0.320 e. The molecule has 2 aromatic rings. The van der Waals surface area contributed by atoms with Gasteiger partial charge < -0.3 is 5.73 Å². The fraction of sp³-hybridized carbons (Fsp3) is 0.214. The molecule has 1 aromatic carbocycles. The Kier molecular flexibility index (Phi) is 5.09. The van der Waals surface area contributed by atoms with Crippen LogP contribution in [0.4, 0.5) is 0 Å². The van der Waals surface area contributed by atoms with E-state index in [4.69, 9.17) is 5.73 Å². The van der Waals surface area contributed by atoms with Crippen LogP contribution in [0, 0.1) is 18.8 Å². The van der Waals surface area contributed by atoms with E-state index in [1.165, 1.54) is 17.4 Å². The smallest absolute Gasteiger partial charge is 0.240 e. The summed E-state index contributed by atoms with van der Waals surface area (Å²) in [7, 11) is -3.55. The van der Waals surface area contributed by atoms with Gasteiger partial charge in [-0.15, -0.1) is 11.3 Å². The fourth-order valence-electron chi connectivity index (χ4n) is 1.67. The van der Waals surface area contributed by atoms with Crippen LogP contribution in [0.15, 0.2) is 34.7 Å². The van der Waals surface area contributed by atoms with E-state index in [0.717, 1.165) is 16.1 Å². The highest BCUT2D eigenvalue weighted by molar-refractivity contribution is 7.89. The van der Waals surface area contributed by atoms with Crippen molar-refractivity contribution in [3.05, 3.63) is 45.9 Å². The molecule has 0 unspecified atom stereocenters.